The average Bonchev–Trinajstić information content (AvgIpc) is 3.18. The summed E-state index contributed by atoms with van der Waals surface area (Å²) >= 11 is 0. The Morgan fingerprint density at radius 2 is 1.36 bits per heavy atom. The Balaban J connectivity index is 1.46. The first kappa shape index (κ1) is 21.2. The molecule has 164 valence electrons. The van der Waals surface area contributed by atoms with E-state index in [-0.39, 0.29) is 16.4 Å². The molecule has 0 fully saturated rings. The first-order valence-electron chi connectivity index (χ1n) is 10.9. The van der Waals surface area contributed by atoms with Crippen molar-refractivity contribution >= 4 is 36.6 Å². The van der Waals surface area contributed by atoms with Crippen LogP contribution in [0.15, 0.2) is 97.1 Å². The van der Waals surface area contributed by atoms with Crippen molar-refractivity contribution in [2.24, 2.45) is 0 Å². The number of benzene rings is 4. The number of hydrogen-bond acceptors (Lipinski definition) is 3. The Bertz CT molecular complexity index is 1410. The smallest absolute Gasteiger partial charge is 0.338 e. The number of rotatable bonds is 5. The van der Waals surface area contributed by atoms with Crippen LogP contribution in [0.5, 0.6) is 5.75 Å². The lowest BCUT2D eigenvalue weighted by Gasteiger charge is -2.26. The van der Waals surface area contributed by atoms with Crippen molar-refractivity contribution < 1.29 is 14.3 Å². The maximum atomic E-state index is 13.0. The number of ether oxygens (including phenoxy) is 2. The first-order chi connectivity index (χ1) is 16.0. The molecule has 4 aromatic carbocycles. The van der Waals surface area contributed by atoms with Gasteiger partial charge in [-0.05, 0) is 80.1 Å². The van der Waals surface area contributed by atoms with Crippen LogP contribution in [-0.2, 0) is 10.3 Å². The molecule has 0 saturated carbocycles. The Morgan fingerprint density at radius 3 is 1.97 bits per heavy atom. The summed E-state index contributed by atoms with van der Waals surface area (Å²) in [5, 5.41) is 2.58. The molecule has 0 spiro atoms. The molecule has 3 nitrogen and oxygen atoms in total. The fourth-order valence-electron chi connectivity index (χ4n) is 4.18. The van der Waals surface area contributed by atoms with Gasteiger partial charge in [-0.15, -0.1) is 0 Å². The van der Waals surface area contributed by atoms with Crippen LogP contribution in [0.1, 0.15) is 29.8 Å². The Hall–Kier alpha value is -3.63. The van der Waals surface area contributed by atoms with Crippen molar-refractivity contribution in [2.45, 2.75) is 19.4 Å². The summed E-state index contributed by atoms with van der Waals surface area (Å²) in [4.78, 5) is 14.2. The normalized spacial score (nSPS) is 11.6. The molecule has 0 unspecified atom stereocenters. The summed E-state index contributed by atoms with van der Waals surface area (Å²) in [5.41, 5.74) is 0.640. The molecular weight excluding hydrogens is 428 g/mol. The predicted molar refractivity (Wildman–Crippen MR) is 137 cm³/mol. The topological polar surface area (TPSA) is 35.5 Å². The maximum absolute atomic E-state index is 13.0. The van der Waals surface area contributed by atoms with Gasteiger partial charge in [-0.25, -0.2) is 4.79 Å². The second-order valence-corrected chi connectivity index (χ2v) is 10.4. The summed E-state index contributed by atoms with van der Waals surface area (Å²) in [6, 6.07) is 32.6. The Labute approximate surface area is 196 Å². The second kappa shape index (κ2) is 8.38. The van der Waals surface area contributed by atoms with Crippen molar-refractivity contribution in [2.75, 3.05) is 7.11 Å². The zero-order valence-corrected chi connectivity index (χ0v) is 19.7. The van der Waals surface area contributed by atoms with E-state index in [1.807, 2.05) is 50.2 Å². The van der Waals surface area contributed by atoms with Gasteiger partial charge in [0.2, 0.25) is 0 Å². The molecule has 1 heterocycles. The van der Waals surface area contributed by atoms with Gasteiger partial charge in [-0.3, -0.25) is 0 Å². The molecule has 0 N–H and O–H groups in total. The molecule has 0 aliphatic carbocycles. The quantitative estimate of drug-likeness (QED) is 0.201. The van der Waals surface area contributed by atoms with E-state index in [0.29, 0.717) is 5.56 Å². The number of esters is 1. The summed E-state index contributed by atoms with van der Waals surface area (Å²) in [6.45, 7) is 3.78. The summed E-state index contributed by atoms with van der Waals surface area (Å²) < 4.78 is 13.9. The number of carbonyl (C=O) groups excluding carboxylic acids is 1. The predicted octanol–water partition coefficient (Wildman–Crippen LogP) is 7.83. The van der Waals surface area contributed by atoms with E-state index < -0.39 is 5.60 Å². The third-order valence-electron chi connectivity index (χ3n) is 5.94. The third-order valence-corrected chi connectivity index (χ3v) is 8.28. The molecule has 0 bridgehead atoms. The second-order valence-electron chi connectivity index (χ2n) is 8.45. The van der Waals surface area contributed by atoms with Crippen molar-refractivity contribution in [1.29, 1.82) is 0 Å². The van der Waals surface area contributed by atoms with Gasteiger partial charge in [0.05, 0.1) is 12.7 Å². The summed E-state index contributed by atoms with van der Waals surface area (Å²) in [6.07, 6.45) is 0. The molecule has 4 heteroatoms. The summed E-state index contributed by atoms with van der Waals surface area (Å²) in [7, 11) is 1.45. The van der Waals surface area contributed by atoms with Crippen LogP contribution in [0, 0.1) is 0 Å². The van der Waals surface area contributed by atoms with Crippen LogP contribution in [-0.4, -0.2) is 13.1 Å². The molecule has 0 aliphatic rings. The van der Waals surface area contributed by atoms with E-state index >= 15 is 0 Å². The van der Waals surface area contributed by atoms with E-state index in [9.17, 15) is 4.79 Å². The van der Waals surface area contributed by atoms with E-state index in [1.54, 1.807) is 7.11 Å². The number of fused-ring (bicyclic) bond motifs is 3. The number of hydrogen-bond donors (Lipinski definition) is 0. The molecule has 0 radical (unpaired) electrons. The molecule has 1 aromatic heterocycles. The standard InChI is InChI=1S/C29H25O3S/c1-29(2,21-9-8-10-22(19-21)31-3)32-28(30)20-15-17-23(18-16-20)33-26-13-6-4-11-24(26)25-12-5-7-14-27(25)33/h4-19H,1-3H3/q+1. The van der Waals surface area contributed by atoms with Crippen LogP contribution in [0.4, 0.5) is 0 Å². The molecule has 0 aliphatic heterocycles. The fourth-order valence-corrected chi connectivity index (χ4v) is 6.56. The average molecular weight is 454 g/mol. The number of thiophene rings is 1. The highest BCUT2D eigenvalue weighted by molar-refractivity contribution is 7.50. The first-order valence-corrected chi connectivity index (χ1v) is 12.1. The van der Waals surface area contributed by atoms with Crippen LogP contribution in [0.2, 0.25) is 0 Å². The molecule has 5 aromatic rings. The van der Waals surface area contributed by atoms with Gasteiger partial charge in [0.25, 0.3) is 0 Å². The molecule has 0 amide bonds. The van der Waals surface area contributed by atoms with Gasteiger partial charge >= 0.3 is 5.97 Å². The van der Waals surface area contributed by atoms with Crippen LogP contribution in [0.3, 0.4) is 0 Å². The Morgan fingerprint density at radius 1 is 0.758 bits per heavy atom. The minimum atomic E-state index is -0.782. The molecule has 0 atom stereocenters. The number of methoxy groups -OCH3 is 1. The molecular formula is C29H25O3S+. The SMILES string of the molecule is COc1cccc(C(C)(C)OC(=O)c2ccc(-[s+]3c4ccccc4c4ccccc43)cc2)c1. The van der Waals surface area contributed by atoms with Crippen LogP contribution >= 0.6 is 10.5 Å². The van der Waals surface area contributed by atoms with Crippen molar-refractivity contribution in [3.8, 4) is 10.6 Å². The minimum Gasteiger partial charge on any atom is -0.497 e. The van der Waals surface area contributed by atoms with Gasteiger partial charge in [0.15, 0.2) is 14.3 Å². The van der Waals surface area contributed by atoms with E-state index in [0.717, 1.165) is 11.3 Å². The van der Waals surface area contributed by atoms with Crippen molar-refractivity contribution in [1.82, 2.24) is 0 Å². The lowest BCUT2D eigenvalue weighted by Crippen LogP contribution is -2.25. The molecule has 0 saturated heterocycles. The van der Waals surface area contributed by atoms with E-state index in [2.05, 4.69) is 60.7 Å². The third kappa shape index (κ3) is 3.87. The monoisotopic (exact) mass is 453 g/mol. The van der Waals surface area contributed by atoms with E-state index in [4.69, 9.17) is 9.47 Å². The largest absolute Gasteiger partial charge is 0.497 e. The van der Waals surface area contributed by atoms with Gasteiger partial charge in [-0.1, -0.05) is 36.4 Å². The molecule has 33 heavy (non-hydrogen) atoms. The maximum Gasteiger partial charge on any atom is 0.338 e. The zero-order valence-electron chi connectivity index (χ0n) is 18.9. The van der Waals surface area contributed by atoms with Crippen molar-refractivity contribution in [3.05, 3.63) is 108 Å². The zero-order chi connectivity index (χ0) is 23.0. The highest BCUT2D eigenvalue weighted by Gasteiger charge is 2.27. The fraction of sp³-hybridized carbons (Fsp3) is 0.138. The van der Waals surface area contributed by atoms with Gasteiger partial charge in [0, 0.05) is 21.2 Å². The van der Waals surface area contributed by atoms with E-state index in [1.165, 1.54) is 25.1 Å². The highest BCUT2D eigenvalue weighted by atomic mass is 32.2. The molecule has 5 rings (SSSR count). The van der Waals surface area contributed by atoms with Gasteiger partial charge in [0.1, 0.15) is 11.4 Å². The highest BCUT2D eigenvalue weighted by Crippen LogP contribution is 2.48. The van der Waals surface area contributed by atoms with Crippen LogP contribution in [0.25, 0.3) is 25.1 Å². The lowest BCUT2D eigenvalue weighted by molar-refractivity contribution is -0.00320. The van der Waals surface area contributed by atoms with Gasteiger partial charge in [-0.2, -0.15) is 0 Å². The minimum absolute atomic E-state index is 0.181. The summed E-state index contributed by atoms with van der Waals surface area (Å²) in [5.74, 6) is 0.393. The lowest BCUT2D eigenvalue weighted by atomic mass is 9.97. The van der Waals surface area contributed by atoms with Gasteiger partial charge < -0.3 is 9.47 Å². The van der Waals surface area contributed by atoms with Crippen LogP contribution < -0.4 is 4.74 Å². The Kier molecular flexibility index (Phi) is 5.39. The number of carbonyl (C=O) groups is 1. The van der Waals surface area contributed by atoms with Crippen molar-refractivity contribution in [3.63, 3.8) is 0 Å².